The van der Waals surface area contributed by atoms with Crippen LogP contribution in [0, 0.1) is 17.1 Å². The van der Waals surface area contributed by atoms with Gasteiger partial charge >= 0.3 is 0 Å². The van der Waals surface area contributed by atoms with Gasteiger partial charge in [0, 0.05) is 0 Å². The Bertz CT molecular complexity index is 650. The Labute approximate surface area is 109 Å². The van der Waals surface area contributed by atoms with Crippen LogP contribution in [0.4, 0.5) is 10.1 Å². The molecule has 0 saturated carbocycles. The fourth-order valence-electron chi connectivity index (χ4n) is 1.57. The van der Waals surface area contributed by atoms with Gasteiger partial charge < -0.3 is 15.6 Å². The Kier molecular flexibility index (Phi) is 3.53. The molecule has 5 heteroatoms. The van der Waals surface area contributed by atoms with Crippen molar-refractivity contribution in [2.24, 2.45) is 0 Å². The Morgan fingerprint density at radius 3 is 2.84 bits per heavy atom. The van der Waals surface area contributed by atoms with Crippen molar-refractivity contribution >= 4 is 5.69 Å². The van der Waals surface area contributed by atoms with E-state index in [4.69, 9.17) is 15.7 Å². The molecule has 0 unspecified atom stereocenters. The smallest absolute Gasteiger partial charge is 0.146 e. The van der Waals surface area contributed by atoms with Crippen LogP contribution in [0.25, 0.3) is 0 Å². The van der Waals surface area contributed by atoms with E-state index in [2.05, 4.69) is 0 Å². The van der Waals surface area contributed by atoms with E-state index < -0.39 is 5.82 Å². The van der Waals surface area contributed by atoms with Crippen molar-refractivity contribution in [3.8, 4) is 17.6 Å². The number of phenolic OH excluding ortho intramolecular Hbond substituents is 1. The summed E-state index contributed by atoms with van der Waals surface area (Å²) in [5.41, 5.74) is 6.39. The van der Waals surface area contributed by atoms with Gasteiger partial charge in [-0.1, -0.05) is 12.1 Å². The molecular weight excluding hydrogens is 247 g/mol. The maximum absolute atomic E-state index is 13.1. The molecule has 96 valence electrons. The van der Waals surface area contributed by atoms with E-state index in [-0.39, 0.29) is 23.6 Å². The molecule has 3 N–H and O–H groups in total. The Hall–Kier alpha value is -2.74. The van der Waals surface area contributed by atoms with Crippen LogP contribution < -0.4 is 10.5 Å². The van der Waals surface area contributed by atoms with E-state index in [1.54, 1.807) is 18.2 Å². The van der Waals surface area contributed by atoms with Gasteiger partial charge in [-0.15, -0.1) is 0 Å². The molecule has 0 aliphatic rings. The zero-order valence-electron chi connectivity index (χ0n) is 9.93. The van der Waals surface area contributed by atoms with Crippen molar-refractivity contribution in [1.82, 2.24) is 0 Å². The molecule has 0 atom stereocenters. The van der Waals surface area contributed by atoms with Crippen molar-refractivity contribution < 1.29 is 14.2 Å². The number of nitrogens with two attached hydrogens (primary N) is 1. The third kappa shape index (κ3) is 2.75. The van der Waals surface area contributed by atoms with E-state index in [1.165, 1.54) is 24.3 Å². The number of nitrogen functional groups attached to an aromatic ring is 1. The first-order chi connectivity index (χ1) is 9.11. The lowest BCUT2D eigenvalue weighted by Crippen LogP contribution is -1.99. The fraction of sp³-hybridized carbons (Fsp3) is 0.0714. The molecule has 0 spiro atoms. The first kappa shape index (κ1) is 12.7. The molecule has 0 saturated heterocycles. The molecule has 0 amide bonds. The quantitative estimate of drug-likeness (QED) is 0.655. The molecule has 2 rings (SSSR count). The SMILES string of the molecule is N#Cc1cc(COc2cccc(O)c2N)ccc1F. The monoisotopic (exact) mass is 258 g/mol. The normalized spacial score (nSPS) is 9.89. The lowest BCUT2D eigenvalue weighted by Gasteiger charge is -2.10. The van der Waals surface area contributed by atoms with Gasteiger partial charge in [0.15, 0.2) is 0 Å². The molecule has 0 bridgehead atoms. The number of phenols is 1. The summed E-state index contributed by atoms with van der Waals surface area (Å²) < 4.78 is 18.6. The van der Waals surface area contributed by atoms with Crippen LogP contribution in [0.1, 0.15) is 11.1 Å². The van der Waals surface area contributed by atoms with Crippen LogP contribution in [0.2, 0.25) is 0 Å². The summed E-state index contributed by atoms with van der Waals surface area (Å²) in [6.45, 7) is 0.128. The molecular formula is C14H11FN2O2. The molecule has 0 aliphatic carbocycles. The van der Waals surface area contributed by atoms with Gasteiger partial charge in [-0.25, -0.2) is 4.39 Å². The molecule has 19 heavy (non-hydrogen) atoms. The number of hydrogen-bond acceptors (Lipinski definition) is 4. The third-order valence-corrected chi connectivity index (χ3v) is 2.59. The summed E-state index contributed by atoms with van der Waals surface area (Å²) in [5.74, 6) is -0.291. The van der Waals surface area contributed by atoms with E-state index in [0.717, 1.165) is 0 Å². The summed E-state index contributed by atoms with van der Waals surface area (Å²) in [5, 5.41) is 18.1. The number of ether oxygens (including phenoxy) is 1. The number of aromatic hydroxyl groups is 1. The first-order valence-corrected chi connectivity index (χ1v) is 5.50. The van der Waals surface area contributed by atoms with Crippen molar-refractivity contribution in [1.29, 1.82) is 5.26 Å². The summed E-state index contributed by atoms with van der Waals surface area (Å²) in [6.07, 6.45) is 0. The molecule has 4 nitrogen and oxygen atoms in total. The lowest BCUT2D eigenvalue weighted by molar-refractivity contribution is 0.306. The number of hydrogen-bond donors (Lipinski definition) is 2. The second-order valence-corrected chi connectivity index (χ2v) is 3.90. The van der Waals surface area contributed by atoms with Crippen molar-refractivity contribution in [2.45, 2.75) is 6.61 Å². The summed E-state index contributed by atoms with van der Waals surface area (Å²) >= 11 is 0. The largest absolute Gasteiger partial charge is 0.506 e. The molecule has 0 heterocycles. The summed E-state index contributed by atoms with van der Waals surface area (Å²) in [4.78, 5) is 0. The minimum Gasteiger partial charge on any atom is -0.506 e. The highest BCUT2D eigenvalue weighted by Crippen LogP contribution is 2.30. The zero-order chi connectivity index (χ0) is 13.8. The van der Waals surface area contributed by atoms with Crippen LogP contribution in [-0.2, 0) is 6.61 Å². The molecule has 0 aliphatic heterocycles. The average Bonchev–Trinajstić information content (AvgIpc) is 2.42. The van der Waals surface area contributed by atoms with E-state index in [0.29, 0.717) is 11.3 Å². The van der Waals surface area contributed by atoms with Crippen molar-refractivity contribution in [3.05, 3.63) is 53.3 Å². The van der Waals surface area contributed by atoms with Gasteiger partial charge in [0.2, 0.25) is 0 Å². The molecule has 0 radical (unpaired) electrons. The first-order valence-electron chi connectivity index (χ1n) is 5.50. The summed E-state index contributed by atoms with van der Waals surface area (Å²) in [6, 6.07) is 10.6. The predicted molar refractivity (Wildman–Crippen MR) is 68.0 cm³/mol. The van der Waals surface area contributed by atoms with E-state index in [1.807, 2.05) is 0 Å². The maximum Gasteiger partial charge on any atom is 0.146 e. The van der Waals surface area contributed by atoms with Crippen molar-refractivity contribution in [3.63, 3.8) is 0 Å². The van der Waals surface area contributed by atoms with Gasteiger partial charge in [-0.2, -0.15) is 5.26 Å². The van der Waals surface area contributed by atoms with Crippen LogP contribution in [-0.4, -0.2) is 5.11 Å². The van der Waals surface area contributed by atoms with Gasteiger partial charge in [-0.3, -0.25) is 0 Å². The number of benzene rings is 2. The molecule has 2 aromatic rings. The molecule has 0 fully saturated rings. The number of anilines is 1. The number of nitriles is 1. The Morgan fingerprint density at radius 2 is 2.11 bits per heavy atom. The van der Waals surface area contributed by atoms with Gasteiger partial charge in [0.1, 0.15) is 35.7 Å². The Morgan fingerprint density at radius 1 is 1.32 bits per heavy atom. The average molecular weight is 258 g/mol. The van der Waals surface area contributed by atoms with Gasteiger partial charge in [0.05, 0.1) is 5.56 Å². The van der Waals surface area contributed by atoms with Crippen molar-refractivity contribution in [2.75, 3.05) is 5.73 Å². The number of nitrogens with zero attached hydrogens (tertiary/aromatic N) is 1. The fourth-order valence-corrected chi connectivity index (χ4v) is 1.57. The minimum atomic E-state index is -0.567. The highest BCUT2D eigenvalue weighted by atomic mass is 19.1. The standard InChI is InChI=1S/C14H11FN2O2/c15-11-5-4-9(6-10(11)7-16)8-19-13-3-1-2-12(18)14(13)17/h1-6,18H,8,17H2. The highest BCUT2D eigenvalue weighted by molar-refractivity contribution is 5.61. The number of halogens is 1. The topological polar surface area (TPSA) is 79.3 Å². The zero-order valence-corrected chi connectivity index (χ0v) is 9.93. The molecule has 2 aromatic carbocycles. The minimum absolute atomic E-state index is 0.0371. The van der Waals surface area contributed by atoms with Crippen LogP contribution >= 0.6 is 0 Å². The number of rotatable bonds is 3. The van der Waals surface area contributed by atoms with Crippen LogP contribution in [0.15, 0.2) is 36.4 Å². The lowest BCUT2D eigenvalue weighted by atomic mass is 10.1. The predicted octanol–water partition coefficient (Wildman–Crippen LogP) is 2.56. The Balaban J connectivity index is 2.15. The second-order valence-electron chi connectivity index (χ2n) is 3.90. The van der Waals surface area contributed by atoms with Gasteiger partial charge in [0.25, 0.3) is 0 Å². The van der Waals surface area contributed by atoms with Crippen LogP contribution in [0.5, 0.6) is 11.5 Å². The number of para-hydroxylation sites is 1. The third-order valence-electron chi connectivity index (χ3n) is 2.59. The van der Waals surface area contributed by atoms with Crippen LogP contribution in [0.3, 0.4) is 0 Å². The summed E-state index contributed by atoms with van der Waals surface area (Å²) in [7, 11) is 0. The molecule has 0 aromatic heterocycles. The van der Waals surface area contributed by atoms with E-state index in [9.17, 15) is 9.50 Å². The van der Waals surface area contributed by atoms with E-state index >= 15 is 0 Å². The second kappa shape index (κ2) is 5.27. The maximum atomic E-state index is 13.1. The highest BCUT2D eigenvalue weighted by Gasteiger charge is 2.06. The van der Waals surface area contributed by atoms with Gasteiger partial charge in [-0.05, 0) is 29.8 Å².